The Kier molecular flexibility index (Phi) is 9.61. The number of pyridine rings is 1. The molecule has 0 saturated heterocycles. The van der Waals surface area contributed by atoms with Crippen molar-refractivity contribution in [1.29, 1.82) is 0 Å². The highest BCUT2D eigenvalue weighted by molar-refractivity contribution is 5.38. The summed E-state index contributed by atoms with van der Waals surface area (Å²) in [4.78, 5) is 6.81. The van der Waals surface area contributed by atoms with Crippen LogP contribution in [0, 0.1) is 0 Å². The fraction of sp³-hybridized carbons (Fsp3) is 0.414. The average molecular weight is 430 g/mol. The smallest absolute Gasteiger partial charge is 0.0441 e. The first-order valence-corrected chi connectivity index (χ1v) is 12.2. The van der Waals surface area contributed by atoms with Crippen molar-refractivity contribution in [3.63, 3.8) is 0 Å². The Balaban J connectivity index is 1.63. The summed E-state index contributed by atoms with van der Waals surface area (Å²) in [6, 6.07) is 15.4. The van der Waals surface area contributed by atoms with Crippen molar-refractivity contribution in [2.75, 3.05) is 13.1 Å². The van der Waals surface area contributed by atoms with Gasteiger partial charge in [0.25, 0.3) is 0 Å². The van der Waals surface area contributed by atoms with Gasteiger partial charge in [0.15, 0.2) is 0 Å². The molecule has 0 unspecified atom stereocenters. The monoisotopic (exact) mass is 429 g/mol. The Labute approximate surface area is 194 Å². The van der Waals surface area contributed by atoms with Crippen LogP contribution in [0.3, 0.4) is 0 Å². The van der Waals surface area contributed by atoms with Crippen molar-refractivity contribution in [3.8, 4) is 0 Å². The molecule has 2 aromatic rings. The molecule has 1 aromatic carbocycles. The molecule has 0 amide bonds. The molecule has 1 saturated carbocycles. The van der Waals surface area contributed by atoms with Crippen LogP contribution < -0.4 is 5.73 Å². The van der Waals surface area contributed by atoms with E-state index in [9.17, 15) is 0 Å². The lowest BCUT2D eigenvalue weighted by Crippen LogP contribution is -2.27. The molecule has 1 heterocycles. The molecule has 0 radical (unpaired) electrons. The van der Waals surface area contributed by atoms with Gasteiger partial charge in [-0.2, -0.15) is 0 Å². The molecule has 3 heteroatoms. The Morgan fingerprint density at radius 3 is 2.53 bits per heavy atom. The number of allylic oxidation sites excluding steroid dienone is 2. The zero-order valence-corrected chi connectivity index (χ0v) is 19.7. The summed E-state index contributed by atoms with van der Waals surface area (Å²) in [5, 5.41) is 0. The van der Waals surface area contributed by atoms with Crippen LogP contribution in [-0.2, 0) is 12.8 Å². The van der Waals surface area contributed by atoms with Gasteiger partial charge in [-0.25, -0.2) is 0 Å². The van der Waals surface area contributed by atoms with Gasteiger partial charge >= 0.3 is 0 Å². The molecule has 3 nitrogen and oxygen atoms in total. The highest BCUT2D eigenvalue weighted by Crippen LogP contribution is 2.32. The molecule has 1 aromatic heterocycles. The first-order chi connectivity index (χ1) is 15.7. The van der Waals surface area contributed by atoms with Crippen molar-refractivity contribution in [2.45, 2.75) is 64.2 Å². The molecule has 1 aliphatic rings. The summed E-state index contributed by atoms with van der Waals surface area (Å²) >= 11 is 0. The quantitative estimate of drug-likeness (QED) is 0.412. The first-order valence-electron chi connectivity index (χ1n) is 12.2. The lowest BCUT2D eigenvalue weighted by Gasteiger charge is -2.27. The van der Waals surface area contributed by atoms with Gasteiger partial charge in [0.2, 0.25) is 0 Å². The molecule has 32 heavy (non-hydrogen) atoms. The van der Waals surface area contributed by atoms with Crippen LogP contribution in [0.25, 0.3) is 0 Å². The molecular formula is C29H39N3. The van der Waals surface area contributed by atoms with E-state index in [4.69, 9.17) is 5.73 Å². The second-order valence-electron chi connectivity index (χ2n) is 8.80. The minimum atomic E-state index is 0.766. The van der Waals surface area contributed by atoms with Gasteiger partial charge in [-0.3, -0.25) is 4.98 Å². The van der Waals surface area contributed by atoms with E-state index in [0.29, 0.717) is 0 Å². The molecule has 2 N–H and O–H groups in total. The molecule has 0 atom stereocenters. The fourth-order valence-electron chi connectivity index (χ4n) is 4.61. The van der Waals surface area contributed by atoms with E-state index in [1.54, 1.807) is 6.20 Å². The summed E-state index contributed by atoms with van der Waals surface area (Å²) in [6.07, 6.45) is 17.3. The van der Waals surface area contributed by atoms with E-state index in [0.717, 1.165) is 55.2 Å². The number of nitrogens with two attached hydrogens (primary N) is 1. The number of hydrogen-bond acceptors (Lipinski definition) is 3. The van der Waals surface area contributed by atoms with Crippen LogP contribution in [0.1, 0.15) is 68.2 Å². The van der Waals surface area contributed by atoms with Crippen molar-refractivity contribution in [1.82, 2.24) is 9.88 Å². The van der Waals surface area contributed by atoms with Gasteiger partial charge in [0.1, 0.15) is 0 Å². The third kappa shape index (κ3) is 7.12. The lowest BCUT2D eigenvalue weighted by molar-refractivity contribution is 0.356. The highest BCUT2D eigenvalue weighted by Gasteiger charge is 2.15. The first kappa shape index (κ1) is 23.8. The van der Waals surface area contributed by atoms with Gasteiger partial charge in [-0.05, 0) is 72.7 Å². The van der Waals surface area contributed by atoms with Crippen molar-refractivity contribution in [2.24, 2.45) is 5.73 Å². The second kappa shape index (κ2) is 12.9. The zero-order chi connectivity index (χ0) is 22.6. The topological polar surface area (TPSA) is 42.1 Å². The molecule has 0 bridgehead atoms. The Morgan fingerprint density at radius 2 is 1.88 bits per heavy atom. The van der Waals surface area contributed by atoms with Crippen LogP contribution in [0.15, 0.2) is 84.9 Å². The van der Waals surface area contributed by atoms with E-state index in [1.807, 2.05) is 30.5 Å². The summed E-state index contributed by atoms with van der Waals surface area (Å²) in [5.41, 5.74) is 11.8. The molecule has 170 valence electrons. The summed E-state index contributed by atoms with van der Waals surface area (Å²) in [6.45, 7) is 8.58. The predicted molar refractivity (Wildman–Crippen MR) is 136 cm³/mol. The molecule has 1 aliphatic carbocycles. The molecular weight excluding hydrogens is 390 g/mol. The maximum Gasteiger partial charge on any atom is 0.0441 e. The van der Waals surface area contributed by atoms with Gasteiger partial charge in [-0.1, -0.05) is 69.2 Å². The van der Waals surface area contributed by atoms with E-state index < -0.39 is 0 Å². The van der Waals surface area contributed by atoms with Crippen LogP contribution in [0.4, 0.5) is 0 Å². The zero-order valence-electron chi connectivity index (χ0n) is 19.7. The van der Waals surface area contributed by atoms with Crippen LogP contribution in [0.5, 0.6) is 0 Å². The van der Waals surface area contributed by atoms with E-state index in [-0.39, 0.29) is 0 Å². The normalized spacial score (nSPS) is 15.2. The van der Waals surface area contributed by atoms with Gasteiger partial charge in [0.05, 0.1) is 0 Å². The van der Waals surface area contributed by atoms with Crippen LogP contribution >= 0.6 is 0 Å². The van der Waals surface area contributed by atoms with E-state index in [2.05, 4.69) is 53.7 Å². The number of nitrogens with zero attached hydrogens (tertiary/aromatic N) is 2. The van der Waals surface area contributed by atoms with E-state index >= 15 is 0 Å². The third-order valence-corrected chi connectivity index (χ3v) is 6.47. The summed E-state index contributed by atoms with van der Waals surface area (Å²) in [5.74, 6) is 0.768. The second-order valence-corrected chi connectivity index (χ2v) is 8.80. The minimum absolute atomic E-state index is 0.766. The van der Waals surface area contributed by atoms with Crippen LogP contribution in [-0.4, -0.2) is 23.0 Å². The number of rotatable bonds is 11. The van der Waals surface area contributed by atoms with Crippen molar-refractivity contribution >= 4 is 0 Å². The Bertz CT molecular complexity index is 874. The van der Waals surface area contributed by atoms with Gasteiger partial charge < -0.3 is 10.6 Å². The number of aromatic nitrogens is 1. The molecule has 3 rings (SSSR count). The standard InChI is InChI=1S/C29H39N3/c1-3-22-32(24(2)26(18-20-30)16-17-29-11-7-8-21-31-29)23-19-25-12-14-28(15-13-25)27-9-5-4-6-10-27/h7-8,11-16,18,20-21,27H,2-6,9-10,17,19,22-23,30H2,1H3/b20-18-,26-16+. The summed E-state index contributed by atoms with van der Waals surface area (Å²) < 4.78 is 0. The number of hydrogen-bond donors (Lipinski definition) is 1. The van der Waals surface area contributed by atoms with Gasteiger partial charge in [-0.15, -0.1) is 0 Å². The SMILES string of the molecule is C=C(C(/C=C\N)=C/Cc1ccccn1)N(CCC)CCc1ccc(C2CCCCC2)cc1. The Hall–Kier alpha value is -2.81. The molecule has 0 aliphatic heterocycles. The van der Waals surface area contributed by atoms with Crippen molar-refractivity contribution < 1.29 is 0 Å². The third-order valence-electron chi connectivity index (χ3n) is 6.47. The maximum atomic E-state index is 5.75. The van der Waals surface area contributed by atoms with E-state index in [1.165, 1.54) is 43.2 Å². The fourth-order valence-corrected chi connectivity index (χ4v) is 4.61. The summed E-state index contributed by atoms with van der Waals surface area (Å²) in [7, 11) is 0. The van der Waals surface area contributed by atoms with Crippen LogP contribution in [0.2, 0.25) is 0 Å². The molecule has 1 fully saturated rings. The maximum absolute atomic E-state index is 5.75. The lowest BCUT2D eigenvalue weighted by atomic mass is 9.84. The highest BCUT2D eigenvalue weighted by atomic mass is 15.1. The minimum Gasteiger partial charge on any atom is -0.405 e. The largest absolute Gasteiger partial charge is 0.405 e. The number of benzene rings is 1. The molecule has 0 spiro atoms. The van der Waals surface area contributed by atoms with Crippen molar-refractivity contribution in [3.05, 3.63) is 102 Å². The average Bonchev–Trinajstić information content (AvgIpc) is 2.85. The van der Waals surface area contributed by atoms with Gasteiger partial charge in [0, 0.05) is 37.1 Å². The predicted octanol–water partition coefficient (Wildman–Crippen LogP) is 6.54. The Morgan fingerprint density at radius 1 is 1.09 bits per heavy atom.